The fourth-order valence-corrected chi connectivity index (χ4v) is 4.05. The molecule has 0 saturated carbocycles. The van der Waals surface area contributed by atoms with Gasteiger partial charge < -0.3 is 5.32 Å². The third-order valence-electron chi connectivity index (χ3n) is 3.65. The van der Waals surface area contributed by atoms with Gasteiger partial charge in [0.2, 0.25) is 0 Å². The van der Waals surface area contributed by atoms with Gasteiger partial charge in [-0.15, -0.1) is 11.3 Å². The van der Waals surface area contributed by atoms with Gasteiger partial charge in [-0.3, -0.25) is 0 Å². The number of aryl methyl sites for hydroxylation is 1. The van der Waals surface area contributed by atoms with Crippen LogP contribution in [0, 0.1) is 0 Å². The Labute approximate surface area is 102 Å². The normalized spacial score (nSPS) is 20.1. The SMILES string of the molecule is CCC(CC)c1nc2c(s1)C(NC)CCC2. The fourth-order valence-electron chi connectivity index (χ4n) is 2.53. The van der Waals surface area contributed by atoms with Gasteiger partial charge in [0, 0.05) is 16.8 Å². The van der Waals surface area contributed by atoms with Gasteiger partial charge in [0.25, 0.3) is 0 Å². The summed E-state index contributed by atoms with van der Waals surface area (Å²) in [5.41, 5.74) is 1.37. The monoisotopic (exact) mass is 238 g/mol. The zero-order valence-electron chi connectivity index (χ0n) is 10.5. The van der Waals surface area contributed by atoms with Crippen LogP contribution in [-0.2, 0) is 6.42 Å². The fraction of sp³-hybridized carbons (Fsp3) is 0.769. The Morgan fingerprint density at radius 3 is 2.81 bits per heavy atom. The number of rotatable bonds is 4. The van der Waals surface area contributed by atoms with Crippen molar-refractivity contribution in [3.63, 3.8) is 0 Å². The van der Waals surface area contributed by atoms with Gasteiger partial charge in [-0.1, -0.05) is 13.8 Å². The van der Waals surface area contributed by atoms with Crippen LogP contribution >= 0.6 is 11.3 Å². The molecule has 0 spiro atoms. The molecule has 0 saturated heterocycles. The Morgan fingerprint density at radius 1 is 1.44 bits per heavy atom. The van der Waals surface area contributed by atoms with Crippen molar-refractivity contribution in [2.45, 2.75) is 57.9 Å². The maximum Gasteiger partial charge on any atom is 0.0962 e. The van der Waals surface area contributed by atoms with Crippen molar-refractivity contribution in [2.75, 3.05) is 7.05 Å². The zero-order valence-corrected chi connectivity index (χ0v) is 11.4. The lowest BCUT2D eigenvalue weighted by Gasteiger charge is -2.20. The third kappa shape index (κ3) is 2.16. The highest BCUT2D eigenvalue weighted by molar-refractivity contribution is 7.12. The molecule has 0 fully saturated rings. The van der Waals surface area contributed by atoms with Crippen molar-refractivity contribution in [2.24, 2.45) is 0 Å². The van der Waals surface area contributed by atoms with E-state index in [0.717, 1.165) is 0 Å². The van der Waals surface area contributed by atoms with E-state index in [1.807, 2.05) is 11.3 Å². The van der Waals surface area contributed by atoms with Gasteiger partial charge in [0.1, 0.15) is 0 Å². The lowest BCUT2D eigenvalue weighted by molar-refractivity contribution is 0.500. The van der Waals surface area contributed by atoms with E-state index >= 15 is 0 Å². The molecule has 1 heterocycles. The molecule has 1 aliphatic carbocycles. The maximum absolute atomic E-state index is 4.87. The van der Waals surface area contributed by atoms with Gasteiger partial charge in [-0.2, -0.15) is 0 Å². The van der Waals surface area contributed by atoms with Crippen LogP contribution in [0.3, 0.4) is 0 Å². The van der Waals surface area contributed by atoms with Crippen molar-refractivity contribution >= 4 is 11.3 Å². The summed E-state index contributed by atoms with van der Waals surface area (Å²) in [6, 6.07) is 0.560. The Kier molecular flexibility index (Phi) is 3.98. The van der Waals surface area contributed by atoms with E-state index in [1.54, 1.807) is 0 Å². The number of hydrogen-bond acceptors (Lipinski definition) is 3. The largest absolute Gasteiger partial charge is 0.312 e. The van der Waals surface area contributed by atoms with Crippen molar-refractivity contribution < 1.29 is 0 Å². The van der Waals surface area contributed by atoms with E-state index in [1.165, 1.54) is 47.7 Å². The molecule has 0 bridgehead atoms. The summed E-state index contributed by atoms with van der Waals surface area (Å²) in [6.45, 7) is 4.54. The molecule has 0 aliphatic heterocycles. The predicted octanol–water partition coefficient (Wildman–Crippen LogP) is 3.64. The van der Waals surface area contributed by atoms with Gasteiger partial charge >= 0.3 is 0 Å². The maximum atomic E-state index is 4.87. The second kappa shape index (κ2) is 5.28. The molecule has 0 radical (unpaired) electrons. The van der Waals surface area contributed by atoms with Crippen LogP contribution in [0.25, 0.3) is 0 Å². The van der Waals surface area contributed by atoms with Gasteiger partial charge in [0.15, 0.2) is 0 Å². The lowest BCUT2D eigenvalue weighted by Crippen LogP contribution is -2.19. The molecule has 2 nitrogen and oxygen atoms in total. The van der Waals surface area contributed by atoms with Crippen molar-refractivity contribution in [1.82, 2.24) is 10.3 Å². The highest BCUT2D eigenvalue weighted by Gasteiger charge is 2.24. The quantitative estimate of drug-likeness (QED) is 0.866. The highest BCUT2D eigenvalue weighted by atomic mass is 32.1. The van der Waals surface area contributed by atoms with Crippen LogP contribution < -0.4 is 5.32 Å². The van der Waals surface area contributed by atoms with Gasteiger partial charge in [-0.05, 0) is 39.2 Å². The molecule has 1 aliphatic rings. The number of thiazole rings is 1. The number of nitrogens with one attached hydrogen (secondary N) is 1. The predicted molar refractivity (Wildman–Crippen MR) is 70.2 cm³/mol. The molecule has 16 heavy (non-hydrogen) atoms. The average Bonchev–Trinajstić information content (AvgIpc) is 2.73. The van der Waals surface area contributed by atoms with Crippen LogP contribution in [0.2, 0.25) is 0 Å². The molecule has 0 amide bonds. The summed E-state index contributed by atoms with van der Waals surface area (Å²) in [4.78, 5) is 6.38. The molecule has 1 unspecified atom stereocenters. The second-order valence-corrected chi connectivity index (χ2v) is 5.67. The minimum atomic E-state index is 0.560. The van der Waals surface area contributed by atoms with Crippen LogP contribution in [0.5, 0.6) is 0 Å². The molecule has 1 N–H and O–H groups in total. The number of nitrogens with zero attached hydrogens (tertiary/aromatic N) is 1. The number of fused-ring (bicyclic) bond motifs is 1. The van der Waals surface area contributed by atoms with Crippen LogP contribution in [0.15, 0.2) is 0 Å². The minimum absolute atomic E-state index is 0.560. The smallest absolute Gasteiger partial charge is 0.0962 e. The van der Waals surface area contributed by atoms with Crippen LogP contribution in [0.4, 0.5) is 0 Å². The first kappa shape index (κ1) is 12.1. The van der Waals surface area contributed by atoms with Crippen molar-refractivity contribution in [3.8, 4) is 0 Å². The van der Waals surface area contributed by atoms with E-state index in [0.29, 0.717) is 12.0 Å². The summed E-state index contributed by atoms with van der Waals surface area (Å²) < 4.78 is 0. The molecule has 1 aromatic heterocycles. The number of aromatic nitrogens is 1. The van der Waals surface area contributed by atoms with Crippen molar-refractivity contribution in [1.29, 1.82) is 0 Å². The Hall–Kier alpha value is -0.410. The summed E-state index contributed by atoms with van der Waals surface area (Å²) in [6.07, 6.45) is 6.17. The summed E-state index contributed by atoms with van der Waals surface area (Å²) >= 11 is 1.95. The van der Waals surface area contributed by atoms with E-state index in [2.05, 4.69) is 26.2 Å². The van der Waals surface area contributed by atoms with Gasteiger partial charge in [-0.25, -0.2) is 4.98 Å². The molecule has 1 aromatic rings. The average molecular weight is 238 g/mol. The molecular weight excluding hydrogens is 216 g/mol. The summed E-state index contributed by atoms with van der Waals surface area (Å²) in [5.74, 6) is 0.674. The van der Waals surface area contributed by atoms with E-state index in [4.69, 9.17) is 4.98 Å². The first-order chi connectivity index (χ1) is 7.80. The lowest BCUT2D eigenvalue weighted by atomic mass is 9.98. The standard InChI is InChI=1S/C13H22N2S/c1-4-9(5-2)13-15-11-8-6-7-10(14-3)12(11)16-13/h9-10,14H,4-8H2,1-3H3. The minimum Gasteiger partial charge on any atom is -0.312 e. The Morgan fingerprint density at radius 2 is 2.19 bits per heavy atom. The van der Waals surface area contributed by atoms with E-state index < -0.39 is 0 Å². The summed E-state index contributed by atoms with van der Waals surface area (Å²) in [7, 11) is 2.07. The second-order valence-electron chi connectivity index (χ2n) is 4.61. The zero-order chi connectivity index (χ0) is 11.5. The van der Waals surface area contributed by atoms with Crippen LogP contribution in [-0.4, -0.2) is 12.0 Å². The van der Waals surface area contributed by atoms with Crippen LogP contribution in [0.1, 0.15) is 67.1 Å². The Balaban J connectivity index is 2.27. The first-order valence-corrected chi connectivity index (χ1v) is 7.28. The number of hydrogen-bond donors (Lipinski definition) is 1. The van der Waals surface area contributed by atoms with E-state index in [9.17, 15) is 0 Å². The Bertz CT molecular complexity index is 342. The van der Waals surface area contributed by atoms with Crippen molar-refractivity contribution in [3.05, 3.63) is 15.6 Å². The highest BCUT2D eigenvalue weighted by Crippen LogP contribution is 2.37. The van der Waals surface area contributed by atoms with Gasteiger partial charge in [0.05, 0.1) is 10.7 Å². The molecule has 1 atom stereocenters. The first-order valence-electron chi connectivity index (χ1n) is 6.46. The molecule has 90 valence electrons. The van der Waals surface area contributed by atoms with E-state index in [-0.39, 0.29) is 0 Å². The summed E-state index contributed by atoms with van der Waals surface area (Å²) in [5, 5.41) is 4.79. The molecule has 0 aromatic carbocycles. The molecular formula is C13H22N2S. The molecule has 2 rings (SSSR count). The topological polar surface area (TPSA) is 24.9 Å². The third-order valence-corrected chi connectivity index (χ3v) is 5.02. The molecule has 3 heteroatoms.